The molecule has 0 saturated heterocycles. The summed E-state index contributed by atoms with van der Waals surface area (Å²) in [6, 6.07) is 7.37. The molecule has 0 saturated carbocycles. The maximum absolute atomic E-state index is 11.8. The molecule has 0 atom stereocenters. The minimum atomic E-state index is -0.202. The predicted molar refractivity (Wildman–Crippen MR) is 79.9 cm³/mol. The van der Waals surface area contributed by atoms with E-state index in [1.165, 1.54) is 4.90 Å². The van der Waals surface area contributed by atoms with Crippen molar-refractivity contribution in [3.8, 4) is 0 Å². The topological polar surface area (TPSA) is 49.4 Å². The van der Waals surface area contributed by atoms with Crippen molar-refractivity contribution < 1.29 is 9.59 Å². The van der Waals surface area contributed by atoms with E-state index >= 15 is 0 Å². The van der Waals surface area contributed by atoms with Crippen LogP contribution in [0.3, 0.4) is 0 Å². The molecule has 1 rings (SSSR count). The SMILES string of the molecule is CC(C)CC(=O)N(C)CC(=O)Nc1ccccc1Br. The molecule has 0 aliphatic carbocycles. The van der Waals surface area contributed by atoms with Crippen molar-refractivity contribution in [2.75, 3.05) is 18.9 Å². The molecule has 104 valence electrons. The standard InChI is InChI=1S/C14H19BrN2O2/c1-10(2)8-14(19)17(3)9-13(18)16-12-7-5-4-6-11(12)15/h4-7,10H,8-9H2,1-3H3,(H,16,18). The first-order valence-electron chi connectivity index (χ1n) is 6.18. The lowest BCUT2D eigenvalue weighted by Crippen LogP contribution is -2.35. The Hall–Kier alpha value is -1.36. The van der Waals surface area contributed by atoms with Gasteiger partial charge in [0, 0.05) is 17.9 Å². The number of rotatable bonds is 5. The third kappa shape index (κ3) is 5.42. The van der Waals surface area contributed by atoms with Crippen LogP contribution in [0.2, 0.25) is 0 Å². The molecule has 0 aliphatic rings. The van der Waals surface area contributed by atoms with E-state index in [9.17, 15) is 9.59 Å². The number of hydrogen-bond donors (Lipinski definition) is 1. The van der Waals surface area contributed by atoms with Gasteiger partial charge in [-0.25, -0.2) is 0 Å². The summed E-state index contributed by atoms with van der Waals surface area (Å²) < 4.78 is 0.819. The van der Waals surface area contributed by atoms with E-state index in [0.717, 1.165) is 4.47 Å². The summed E-state index contributed by atoms with van der Waals surface area (Å²) in [4.78, 5) is 25.0. The molecule has 0 aromatic heterocycles. The number of benzene rings is 1. The van der Waals surface area contributed by atoms with Crippen LogP contribution in [0, 0.1) is 5.92 Å². The van der Waals surface area contributed by atoms with Crippen LogP contribution in [0.4, 0.5) is 5.69 Å². The fraction of sp³-hybridized carbons (Fsp3) is 0.429. The number of likely N-dealkylation sites (N-methyl/N-ethyl adjacent to an activating group) is 1. The summed E-state index contributed by atoms with van der Waals surface area (Å²) in [6.07, 6.45) is 0.457. The van der Waals surface area contributed by atoms with E-state index in [-0.39, 0.29) is 18.4 Å². The van der Waals surface area contributed by atoms with Gasteiger partial charge in [-0.1, -0.05) is 26.0 Å². The fourth-order valence-electron chi connectivity index (χ4n) is 1.56. The maximum atomic E-state index is 11.8. The Labute approximate surface area is 122 Å². The average Bonchev–Trinajstić information content (AvgIpc) is 2.31. The van der Waals surface area contributed by atoms with Crippen LogP contribution in [0.25, 0.3) is 0 Å². The molecule has 0 unspecified atom stereocenters. The third-order valence-electron chi connectivity index (χ3n) is 2.54. The van der Waals surface area contributed by atoms with Gasteiger partial charge in [-0.05, 0) is 34.0 Å². The van der Waals surface area contributed by atoms with Crippen molar-refractivity contribution in [2.45, 2.75) is 20.3 Å². The molecule has 0 radical (unpaired) electrons. The summed E-state index contributed by atoms with van der Waals surface area (Å²) in [6.45, 7) is 4.02. The number of carbonyl (C=O) groups excluding carboxylic acids is 2. The lowest BCUT2D eigenvalue weighted by atomic mass is 10.1. The maximum Gasteiger partial charge on any atom is 0.244 e. The van der Waals surface area contributed by atoms with Gasteiger partial charge in [-0.3, -0.25) is 9.59 Å². The van der Waals surface area contributed by atoms with Crippen molar-refractivity contribution in [3.05, 3.63) is 28.7 Å². The van der Waals surface area contributed by atoms with Crippen molar-refractivity contribution in [2.24, 2.45) is 5.92 Å². The summed E-state index contributed by atoms with van der Waals surface area (Å²) in [5, 5.41) is 2.77. The van der Waals surface area contributed by atoms with Crippen LogP contribution in [0.5, 0.6) is 0 Å². The third-order valence-corrected chi connectivity index (χ3v) is 3.23. The molecule has 1 aromatic carbocycles. The summed E-state index contributed by atoms with van der Waals surface area (Å²) in [5.41, 5.74) is 0.706. The Morgan fingerprint density at radius 3 is 2.53 bits per heavy atom. The van der Waals surface area contributed by atoms with Gasteiger partial charge in [0.25, 0.3) is 0 Å². The quantitative estimate of drug-likeness (QED) is 0.904. The molecule has 1 N–H and O–H groups in total. The van der Waals surface area contributed by atoms with Crippen molar-refractivity contribution in [1.29, 1.82) is 0 Å². The highest BCUT2D eigenvalue weighted by molar-refractivity contribution is 9.10. The molecule has 2 amide bonds. The van der Waals surface area contributed by atoms with Crippen LogP contribution in [-0.4, -0.2) is 30.3 Å². The summed E-state index contributed by atoms with van der Waals surface area (Å²) in [5.74, 6) is 0.0741. The number of nitrogens with one attached hydrogen (secondary N) is 1. The minimum absolute atomic E-state index is 0.0164. The Kier molecular flexibility index (Phi) is 6.02. The molecule has 0 aliphatic heterocycles. The van der Waals surface area contributed by atoms with Crippen LogP contribution in [0.1, 0.15) is 20.3 Å². The van der Waals surface area contributed by atoms with E-state index in [4.69, 9.17) is 0 Å². The van der Waals surface area contributed by atoms with Gasteiger partial charge in [-0.15, -0.1) is 0 Å². The molecular weight excluding hydrogens is 308 g/mol. The molecular formula is C14H19BrN2O2. The van der Waals surface area contributed by atoms with Gasteiger partial charge >= 0.3 is 0 Å². The Morgan fingerprint density at radius 2 is 1.95 bits per heavy atom. The molecule has 0 fully saturated rings. The van der Waals surface area contributed by atoms with Gasteiger partial charge in [0.05, 0.1) is 12.2 Å². The monoisotopic (exact) mass is 326 g/mol. The van der Waals surface area contributed by atoms with E-state index in [2.05, 4.69) is 21.2 Å². The van der Waals surface area contributed by atoms with Crippen molar-refractivity contribution in [1.82, 2.24) is 4.90 Å². The first-order chi connectivity index (χ1) is 8.90. The highest BCUT2D eigenvalue weighted by atomic mass is 79.9. The zero-order valence-corrected chi connectivity index (χ0v) is 13.0. The van der Waals surface area contributed by atoms with Crippen LogP contribution >= 0.6 is 15.9 Å². The van der Waals surface area contributed by atoms with E-state index in [1.807, 2.05) is 32.0 Å². The number of nitrogens with zero attached hydrogens (tertiary/aromatic N) is 1. The van der Waals surface area contributed by atoms with E-state index in [1.54, 1.807) is 13.1 Å². The van der Waals surface area contributed by atoms with Gasteiger partial charge in [0.15, 0.2) is 0 Å². The molecule has 0 heterocycles. The highest BCUT2D eigenvalue weighted by Crippen LogP contribution is 2.20. The van der Waals surface area contributed by atoms with E-state index < -0.39 is 0 Å². The molecule has 4 nitrogen and oxygen atoms in total. The van der Waals surface area contributed by atoms with Crippen LogP contribution in [0.15, 0.2) is 28.7 Å². The largest absolute Gasteiger partial charge is 0.336 e. The second-order valence-corrected chi connectivity index (χ2v) is 5.73. The first-order valence-corrected chi connectivity index (χ1v) is 6.97. The van der Waals surface area contributed by atoms with Crippen LogP contribution < -0.4 is 5.32 Å². The second-order valence-electron chi connectivity index (χ2n) is 4.88. The van der Waals surface area contributed by atoms with Crippen LogP contribution in [-0.2, 0) is 9.59 Å². The number of anilines is 1. The number of hydrogen-bond acceptors (Lipinski definition) is 2. The van der Waals surface area contributed by atoms with Crippen molar-refractivity contribution >= 4 is 33.4 Å². The molecule has 19 heavy (non-hydrogen) atoms. The van der Waals surface area contributed by atoms with Crippen molar-refractivity contribution in [3.63, 3.8) is 0 Å². The molecule has 0 spiro atoms. The van der Waals surface area contributed by atoms with Gasteiger partial charge < -0.3 is 10.2 Å². The highest BCUT2D eigenvalue weighted by Gasteiger charge is 2.14. The number of carbonyl (C=O) groups is 2. The Bertz CT molecular complexity index is 461. The molecule has 5 heteroatoms. The first kappa shape index (κ1) is 15.7. The number of amides is 2. The lowest BCUT2D eigenvalue weighted by molar-refractivity contribution is -0.133. The molecule has 1 aromatic rings. The minimum Gasteiger partial charge on any atom is -0.336 e. The lowest BCUT2D eigenvalue weighted by Gasteiger charge is -2.18. The number of para-hydroxylation sites is 1. The molecule has 0 bridgehead atoms. The summed E-state index contributed by atoms with van der Waals surface area (Å²) >= 11 is 3.36. The Morgan fingerprint density at radius 1 is 1.32 bits per heavy atom. The van der Waals surface area contributed by atoms with Gasteiger partial charge in [0.1, 0.15) is 0 Å². The van der Waals surface area contributed by atoms with Gasteiger partial charge in [0.2, 0.25) is 11.8 Å². The zero-order valence-electron chi connectivity index (χ0n) is 11.4. The zero-order chi connectivity index (χ0) is 14.4. The van der Waals surface area contributed by atoms with Gasteiger partial charge in [-0.2, -0.15) is 0 Å². The Balaban J connectivity index is 2.52. The normalized spacial score (nSPS) is 10.4. The summed E-state index contributed by atoms with van der Waals surface area (Å²) in [7, 11) is 1.64. The van der Waals surface area contributed by atoms with E-state index in [0.29, 0.717) is 18.0 Å². The fourth-order valence-corrected chi connectivity index (χ4v) is 1.94. The number of halogens is 1. The second kappa shape index (κ2) is 7.28. The predicted octanol–water partition coefficient (Wildman–Crippen LogP) is 2.89. The average molecular weight is 327 g/mol. The smallest absolute Gasteiger partial charge is 0.244 e.